The monoisotopic (exact) mass is 288 g/mol. The van der Waals surface area contributed by atoms with E-state index < -0.39 is 12.0 Å². The predicted molar refractivity (Wildman–Crippen MR) is 79.6 cm³/mol. The summed E-state index contributed by atoms with van der Waals surface area (Å²) in [7, 11) is 0. The van der Waals surface area contributed by atoms with Gasteiger partial charge in [-0.15, -0.1) is 0 Å². The number of anilines is 1. The highest BCUT2D eigenvalue weighted by Gasteiger charge is 2.32. The molecule has 0 unspecified atom stereocenters. The van der Waals surface area contributed by atoms with Gasteiger partial charge in [0.15, 0.2) is 0 Å². The third-order valence-electron chi connectivity index (χ3n) is 4.34. The molecule has 0 aromatic heterocycles. The van der Waals surface area contributed by atoms with Crippen LogP contribution in [-0.2, 0) is 11.2 Å². The molecule has 0 saturated carbocycles. The van der Waals surface area contributed by atoms with E-state index >= 15 is 0 Å². The molecule has 0 spiro atoms. The maximum Gasteiger partial charge on any atom is 0.326 e. The number of piperidine rings is 1. The number of carbonyl (C=O) groups excluding carboxylic acids is 1. The molecule has 112 valence electrons. The number of amides is 1. The zero-order valence-electron chi connectivity index (χ0n) is 12.0. The van der Waals surface area contributed by atoms with Crippen molar-refractivity contribution >= 4 is 17.6 Å². The third kappa shape index (κ3) is 2.73. The zero-order chi connectivity index (χ0) is 14.8. The fraction of sp³-hybridized carbons (Fsp3) is 0.500. The second-order valence-corrected chi connectivity index (χ2v) is 5.75. The van der Waals surface area contributed by atoms with Crippen molar-refractivity contribution in [2.24, 2.45) is 0 Å². The lowest BCUT2D eigenvalue weighted by atomic mass is 9.98. The average Bonchev–Trinajstić information content (AvgIpc) is 2.53. The maximum absolute atomic E-state index is 12.6. The van der Waals surface area contributed by atoms with E-state index in [9.17, 15) is 14.7 Å². The number of carboxylic acids is 1. The Bertz CT molecular complexity index is 571. The van der Waals surface area contributed by atoms with Crippen molar-refractivity contribution in [1.29, 1.82) is 0 Å². The van der Waals surface area contributed by atoms with Gasteiger partial charge in [-0.05, 0) is 55.9 Å². The van der Waals surface area contributed by atoms with Crippen LogP contribution in [0.15, 0.2) is 18.2 Å². The van der Waals surface area contributed by atoms with Crippen LogP contribution in [0.4, 0.5) is 5.69 Å². The number of fused-ring (bicyclic) bond motifs is 1. The van der Waals surface area contributed by atoms with Crippen molar-refractivity contribution in [3.63, 3.8) is 0 Å². The summed E-state index contributed by atoms with van der Waals surface area (Å²) in [5.74, 6) is -1.06. The molecule has 0 radical (unpaired) electrons. The molecular weight excluding hydrogens is 268 g/mol. The van der Waals surface area contributed by atoms with Crippen LogP contribution in [0.3, 0.4) is 0 Å². The lowest BCUT2D eigenvalue weighted by molar-refractivity contribution is -0.143. The molecule has 2 heterocycles. The number of nitrogens with zero attached hydrogens (tertiary/aromatic N) is 1. The van der Waals surface area contributed by atoms with Crippen LogP contribution in [0.25, 0.3) is 0 Å². The summed E-state index contributed by atoms with van der Waals surface area (Å²) in [6.45, 7) is 1.50. The van der Waals surface area contributed by atoms with Crippen LogP contribution in [0, 0.1) is 0 Å². The van der Waals surface area contributed by atoms with Crippen LogP contribution in [0.2, 0.25) is 0 Å². The number of carbonyl (C=O) groups is 2. The van der Waals surface area contributed by atoms with Gasteiger partial charge in [-0.3, -0.25) is 4.79 Å². The minimum Gasteiger partial charge on any atom is -0.480 e. The van der Waals surface area contributed by atoms with Gasteiger partial charge in [0, 0.05) is 24.3 Å². The van der Waals surface area contributed by atoms with Gasteiger partial charge in [-0.25, -0.2) is 4.79 Å². The van der Waals surface area contributed by atoms with Gasteiger partial charge in [0.1, 0.15) is 6.04 Å². The van der Waals surface area contributed by atoms with Crippen molar-refractivity contribution < 1.29 is 14.7 Å². The maximum atomic E-state index is 12.6. The number of hydrogen-bond donors (Lipinski definition) is 2. The fourth-order valence-electron chi connectivity index (χ4n) is 3.21. The van der Waals surface area contributed by atoms with E-state index in [1.54, 1.807) is 6.07 Å². The molecular formula is C16H20N2O3. The largest absolute Gasteiger partial charge is 0.480 e. The highest BCUT2D eigenvalue weighted by Crippen LogP contribution is 2.25. The Morgan fingerprint density at radius 3 is 2.90 bits per heavy atom. The second kappa shape index (κ2) is 5.76. The molecule has 1 fully saturated rings. The smallest absolute Gasteiger partial charge is 0.326 e. The van der Waals surface area contributed by atoms with E-state index in [4.69, 9.17) is 0 Å². The molecule has 5 heteroatoms. The number of hydrogen-bond acceptors (Lipinski definition) is 3. The number of rotatable bonds is 2. The van der Waals surface area contributed by atoms with Gasteiger partial charge in [0.2, 0.25) is 0 Å². The first-order chi connectivity index (χ1) is 10.2. The van der Waals surface area contributed by atoms with Crippen LogP contribution < -0.4 is 5.32 Å². The van der Waals surface area contributed by atoms with E-state index in [-0.39, 0.29) is 5.91 Å². The average molecular weight is 288 g/mol. The molecule has 1 saturated heterocycles. The number of likely N-dealkylation sites (tertiary alicyclic amines) is 1. The van der Waals surface area contributed by atoms with Crippen LogP contribution in [0.5, 0.6) is 0 Å². The molecule has 2 aliphatic heterocycles. The fourth-order valence-corrected chi connectivity index (χ4v) is 3.21. The van der Waals surface area contributed by atoms with E-state index in [2.05, 4.69) is 5.32 Å². The van der Waals surface area contributed by atoms with E-state index in [1.807, 2.05) is 12.1 Å². The molecule has 0 bridgehead atoms. The normalized spacial score (nSPS) is 21.3. The first-order valence-electron chi connectivity index (χ1n) is 7.57. The van der Waals surface area contributed by atoms with Crippen LogP contribution in [0.1, 0.15) is 41.6 Å². The van der Waals surface area contributed by atoms with E-state index in [0.29, 0.717) is 18.5 Å². The molecule has 1 aromatic rings. The molecule has 1 atom stereocenters. The molecule has 1 amide bonds. The summed E-state index contributed by atoms with van der Waals surface area (Å²) >= 11 is 0. The molecule has 5 nitrogen and oxygen atoms in total. The van der Waals surface area contributed by atoms with Gasteiger partial charge < -0.3 is 15.3 Å². The molecule has 3 rings (SSSR count). The Kier molecular flexibility index (Phi) is 3.82. The Hall–Kier alpha value is -2.04. The number of aliphatic carboxylic acids is 1. The summed E-state index contributed by atoms with van der Waals surface area (Å²) in [5, 5.41) is 12.6. The van der Waals surface area contributed by atoms with Crippen LogP contribution in [-0.4, -0.2) is 41.0 Å². The minimum atomic E-state index is -0.900. The molecule has 21 heavy (non-hydrogen) atoms. The SMILES string of the molecule is O=C(O)[C@@H]1CCCCN1C(=O)c1ccc2c(c1)CCCN2. The summed E-state index contributed by atoms with van der Waals surface area (Å²) in [6, 6.07) is 4.96. The first-order valence-corrected chi connectivity index (χ1v) is 7.57. The first kappa shape index (κ1) is 13.9. The van der Waals surface area contributed by atoms with Crippen molar-refractivity contribution in [3.8, 4) is 0 Å². The summed E-state index contributed by atoms with van der Waals surface area (Å²) in [5.41, 5.74) is 2.84. The zero-order valence-corrected chi connectivity index (χ0v) is 12.0. The van der Waals surface area contributed by atoms with Crippen molar-refractivity contribution in [2.45, 2.75) is 38.1 Å². The van der Waals surface area contributed by atoms with Crippen molar-refractivity contribution in [2.75, 3.05) is 18.4 Å². The highest BCUT2D eigenvalue weighted by atomic mass is 16.4. The van der Waals surface area contributed by atoms with E-state index in [1.165, 1.54) is 4.90 Å². The third-order valence-corrected chi connectivity index (χ3v) is 4.34. The standard InChI is InChI=1S/C16H20N2O3/c19-15(18-9-2-1-5-14(18)16(20)21)12-6-7-13-11(10-12)4-3-8-17-13/h6-7,10,14,17H,1-5,8-9H2,(H,20,21)/t14-/m0/s1. The quantitative estimate of drug-likeness (QED) is 0.874. The Balaban J connectivity index is 1.85. The van der Waals surface area contributed by atoms with Gasteiger partial charge in [0.05, 0.1) is 0 Å². The number of nitrogens with one attached hydrogen (secondary N) is 1. The Morgan fingerprint density at radius 1 is 1.24 bits per heavy atom. The summed E-state index contributed by atoms with van der Waals surface area (Å²) < 4.78 is 0. The lowest BCUT2D eigenvalue weighted by Gasteiger charge is -2.33. The van der Waals surface area contributed by atoms with Crippen LogP contribution >= 0.6 is 0 Å². The molecule has 2 N–H and O–H groups in total. The van der Waals surface area contributed by atoms with Gasteiger partial charge in [-0.1, -0.05) is 0 Å². The predicted octanol–water partition coefficient (Wildman–Crippen LogP) is 2.12. The Morgan fingerprint density at radius 2 is 2.10 bits per heavy atom. The Labute approximate surface area is 123 Å². The van der Waals surface area contributed by atoms with Crippen molar-refractivity contribution in [3.05, 3.63) is 29.3 Å². The van der Waals surface area contributed by atoms with Gasteiger partial charge >= 0.3 is 5.97 Å². The van der Waals surface area contributed by atoms with Gasteiger partial charge in [-0.2, -0.15) is 0 Å². The lowest BCUT2D eigenvalue weighted by Crippen LogP contribution is -2.48. The minimum absolute atomic E-state index is 0.157. The second-order valence-electron chi connectivity index (χ2n) is 5.75. The number of aryl methyl sites for hydroxylation is 1. The molecule has 1 aromatic carbocycles. The van der Waals surface area contributed by atoms with E-state index in [0.717, 1.165) is 43.5 Å². The number of carboxylic acid groups (broad SMARTS) is 1. The summed E-state index contributed by atoms with van der Waals surface area (Å²) in [4.78, 5) is 25.5. The topological polar surface area (TPSA) is 69.6 Å². The summed E-state index contributed by atoms with van der Waals surface area (Å²) in [6.07, 6.45) is 4.32. The number of benzene rings is 1. The highest BCUT2D eigenvalue weighted by molar-refractivity contribution is 5.97. The molecule has 2 aliphatic rings. The van der Waals surface area contributed by atoms with Gasteiger partial charge in [0.25, 0.3) is 5.91 Å². The van der Waals surface area contributed by atoms with Crippen molar-refractivity contribution in [1.82, 2.24) is 4.90 Å². The molecule has 0 aliphatic carbocycles.